The number of nitrogens with zero attached hydrogens (tertiary/aromatic N) is 3. The lowest BCUT2D eigenvalue weighted by molar-refractivity contribution is 0.0944. The van der Waals surface area contributed by atoms with Gasteiger partial charge < -0.3 is 15.2 Å². The lowest BCUT2D eigenvalue weighted by Crippen LogP contribution is -2.33. The minimum atomic E-state index is -0.0998. The Hall–Kier alpha value is -2.34. The fourth-order valence-electron chi connectivity index (χ4n) is 3.70. The molecule has 0 unspecified atom stereocenters. The van der Waals surface area contributed by atoms with Crippen LogP contribution in [0.3, 0.4) is 0 Å². The molecule has 2 N–H and O–H groups in total. The number of hydrogen-bond acceptors (Lipinski definition) is 3. The minimum absolute atomic E-state index is 0.0998. The van der Waals surface area contributed by atoms with E-state index in [1.807, 2.05) is 13.1 Å². The van der Waals surface area contributed by atoms with Crippen molar-refractivity contribution in [2.24, 2.45) is 7.05 Å². The molecular formula is C19H25N5O. The Balaban J connectivity index is 1.43. The number of H-pyrrole nitrogens is 1. The first kappa shape index (κ1) is 16.1. The van der Waals surface area contributed by atoms with Crippen molar-refractivity contribution in [3.05, 3.63) is 35.2 Å². The first-order chi connectivity index (χ1) is 12.2. The van der Waals surface area contributed by atoms with Gasteiger partial charge in [0, 0.05) is 25.8 Å². The molecule has 6 heteroatoms. The van der Waals surface area contributed by atoms with Crippen LogP contribution in [0.4, 0.5) is 0 Å². The third-order valence-electron chi connectivity index (χ3n) is 5.10. The van der Waals surface area contributed by atoms with E-state index in [1.54, 1.807) is 4.68 Å². The number of amides is 1. The second kappa shape index (κ2) is 6.88. The normalized spacial score (nSPS) is 17.0. The maximum Gasteiger partial charge on any atom is 0.271 e. The number of aromatic amines is 1. The molecule has 1 aliphatic heterocycles. The Morgan fingerprint density at radius 3 is 2.96 bits per heavy atom. The molecule has 6 nitrogen and oxygen atoms in total. The standard InChI is InChI=1S/C19H25N5O/c1-23-18(16-12-14-6-2-3-7-15(14)21-16)13-17(22-23)19(25)20-8-11-24-9-4-5-10-24/h3,7,12-13,21H,2,4-6,8-11H2,1H3,(H,20,25). The van der Waals surface area contributed by atoms with E-state index in [2.05, 4.69) is 38.5 Å². The molecule has 1 fully saturated rings. The number of aromatic nitrogens is 3. The molecule has 0 spiro atoms. The van der Waals surface area contributed by atoms with Crippen LogP contribution in [0.2, 0.25) is 0 Å². The predicted octanol–water partition coefficient (Wildman–Crippen LogP) is 2.20. The van der Waals surface area contributed by atoms with E-state index in [1.165, 1.54) is 24.1 Å². The van der Waals surface area contributed by atoms with Crippen molar-refractivity contribution in [3.63, 3.8) is 0 Å². The van der Waals surface area contributed by atoms with Crippen LogP contribution in [0.1, 0.15) is 41.0 Å². The molecular weight excluding hydrogens is 314 g/mol. The van der Waals surface area contributed by atoms with Crippen LogP contribution in [-0.4, -0.2) is 51.8 Å². The third-order valence-corrected chi connectivity index (χ3v) is 5.10. The topological polar surface area (TPSA) is 66.0 Å². The van der Waals surface area contributed by atoms with Crippen LogP contribution in [0.15, 0.2) is 18.2 Å². The molecule has 0 bridgehead atoms. The van der Waals surface area contributed by atoms with E-state index >= 15 is 0 Å². The van der Waals surface area contributed by atoms with Crippen molar-refractivity contribution in [1.82, 2.24) is 25.0 Å². The van der Waals surface area contributed by atoms with Gasteiger partial charge in [-0.25, -0.2) is 0 Å². The largest absolute Gasteiger partial charge is 0.354 e. The molecule has 25 heavy (non-hydrogen) atoms. The number of nitrogens with one attached hydrogen (secondary N) is 2. The van der Waals surface area contributed by atoms with Gasteiger partial charge >= 0.3 is 0 Å². The number of hydrogen-bond donors (Lipinski definition) is 2. The summed E-state index contributed by atoms with van der Waals surface area (Å²) in [6.07, 6.45) is 9.00. The van der Waals surface area contributed by atoms with Crippen LogP contribution >= 0.6 is 0 Å². The highest BCUT2D eigenvalue weighted by Crippen LogP contribution is 2.26. The van der Waals surface area contributed by atoms with Gasteiger partial charge in [-0.2, -0.15) is 5.10 Å². The van der Waals surface area contributed by atoms with Gasteiger partial charge in [-0.1, -0.05) is 6.08 Å². The number of likely N-dealkylation sites (tertiary alicyclic amines) is 1. The maximum absolute atomic E-state index is 12.4. The molecule has 0 atom stereocenters. The highest BCUT2D eigenvalue weighted by molar-refractivity contribution is 5.93. The van der Waals surface area contributed by atoms with Gasteiger partial charge in [0.15, 0.2) is 5.69 Å². The molecule has 0 saturated carbocycles. The number of carbonyl (C=O) groups excluding carboxylic acids is 1. The first-order valence-corrected chi connectivity index (χ1v) is 9.14. The average molecular weight is 339 g/mol. The summed E-state index contributed by atoms with van der Waals surface area (Å²) in [6, 6.07) is 4.04. The number of aryl methyl sites for hydroxylation is 2. The zero-order valence-corrected chi connectivity index (χ0v) is 14.7. The van der Waals surface area contributed by atoms with Crippen molar-refractivity contribution in [2.45, 2.75) is 25.7 Å². The fraction of sp³-hybridized carbons (Fsp3) is 0.474. The minimum Gasteiger partial charge on any atom is -0.354 e. The lowest BCUT2D eigenvalue weighted by Gasteiger charge is -2.14. The van der Waals surface area contributed by atoms with Crippen molar-refractivity contribution < 1.29 is 4.79 Å². The molecule has 1 aliphatic carbocycles. The molecule has 0 radical (unpaired) electrons. The summed E-state index contributed by atoms with van der Waals surface area (Å²) in [4.78, 5) is 18.2. The molecule has 1 saturated heterocycles. The Morgan fingerprint density at radius 1 is 1.32 bits per heavy atom. The number of carbonyl (C=O) groups is 1. The Morgan fingerprint density at radius 2 is 2.16 bits per heavy atom. The lowest BCUT2D eigenvalue weighted by atomic mass is 10.0. The van der Waals surface area contributed by atoms with Gasteiger partial charge in [0.1, 0.15) is 0 Å². The van der Waals surface area contributed by atoms with E-state index in [9.17, 15) is 4.79 Å². The van der Waals surface area contributed by atoms with Crippen LogP contribution in [-0.2, 0) is 13.5 Å². The van der Waals surface area contributed by atoms with Crippen molar-refractivity contribution in [2.75, 3.05) is 26.2 Å². The van der Waals surface area contributed by atoms with Gasteiger partial charge in [0.25, 0.3) is 5.91 Å². The molecule has 4 rings (SSSR count). The quantitative estimate of drug-likeness (QED) is 0.878. The molecule has 2 aromatic rings. The summed E-state index contributed by atoms with van der Waals surface area (Å²) >= 11 is 0. The molecule has 2 aliphatic rings. The van der Waals surface area contributed by atoms with Gasteiger partial charge in [-0.15, -0.1) is 0 Å². The van der Waals surface area contributed by atoms with Gasteiger partial charge in [0.2, 0.25) is 0 Å². The summed E-state index contributed by atoms with van der Waals surface area (Å²) < 4.78 is 1.77. The summed E-state index contributed by atoms with van der Waals surface area (Å²) in [6.45, 7) is 3.89. The average Bonchev–Trinajstić information content (AvgIpc) is 3.33. The van der Waals surface area contributed by atoms with E-state index < -0.39 is 0 Å². The summed E-state index contributed by atoms with van der Waals surface area (Å²) in [7, 11) is 1.88. The van der Waals surface area contributed by atoms with Gasteiger partial charge in [0.05, 0.1) is 11.4 Å². The second-order valence-electron chi connectivity index (χ2n) is 6.91. The summed E-state index contributed by atoms with van der Waals surface area (Å²) in [5, 5.41) is 7.39. The fourth-order valence-corrected chi connectivity index (χ4v) is 3.70. The van der Waals surface area contributed by atoms with Crippen LogP contribution in [0, 0.1) is 0 Å². The predicted molar refractivity (Wildman–Crippen MR) is 98.4 cm³/mol. The summed E-state index contributed by atoms with van der Waals surface area (Å²) in [5.74, 6) is -0.0998. The number of allylic oxidation sites excluding steroid dienone is 1. The number of fused-ring (bicyclic) bond motifs is 1. The Kier molecular flexibility index (Phi) is 4.44. The van der Waals surface area contributed by atoms with Crippen molar-refractivity contribution in [1.29, 1.82) is 0 Å². The second-order valence-corrected chi connectivity index (χ2v) is 6.91. The van der Waals surface area contributed by atoms with Crippen molar-refractivity contribution in [3.8, 4) is 11.4 Å². The zero-order chi connectivity index (χ0) is 17.2. The summed E-state index contributed by atoms with van der Waals surface area (Å²) in [5.41, 5.74) is 4.92. The highest BCUT2D eigenvalue weighted by Gasteiger charge is 2.17. The molecule has 0 aromatic carbocycles. The molecule has 2 aromatic heterocycles. The van der Waals surface area contributed by atoms with E-state index in [4.69, 9.17) is 0 Å². The Labute approximate surface area is 147 Å². The smallest absolute Gasteiger partial charge is 0.271 e. The first-order valence-electron chi connectivity index (χ1n) is 9.14. The van der Waals surface area contributed by atoms with Gasteiger partial charge in [-0.3, -0.25) is 9.48 Å². The van der Waals surface area contributed by atoms with E-state index in [0.717, 1.165) is 43.9 Å². The van der Waals surface area contributed by atoms with Crippen molar-refractivity contribution >= 4 is 12.0 Å². The SMILES string of the molecule is Cn1nc(C(=O)NCCN2CCCC2)cc1-c1cc2c([nH]1)C=CCC2. The van der Waals surface area contributed by atoms with E-state index in [-0.39, 0.29) is 5.91 Å². The highest BCUT2D eigenvalue weighted by atomic mass is 16.1. The number of rotatable bonds is 5. The molecule has 1 amide bonds. The van der Waals surface area contributed by atoms with Crippen LogP contribution in [0.5, 0.6) is 0 Å². The van der Waals surface area contributed by atoms with Crippen LogP contribution < -0.4 is 5.32 Å². The molecule has 3 heterocycles. The van der Waals surface area contributed by atoms with Crippen LogP contribution in [0.25, 0.3) is 17.5 Å². The zero-order valence-electron chi connectivity index (χ0n) is 14.7. The third kappa shape index (κ3) is 3.39. The van der Waals surface area contributed by atoms with Gasteiger partial charge in [-0.05, 0) is 62.5 Å². The van der Waals surface area contributed by atoms with E-state index in [0.29, 0.717) is 12.2 Å². The molecule has 132 valence electrons. The maximum atomic E-state index is 12.4. The monoisotopic (exact) mass is 339 g/mol. The Bertz CT molecular complexity index is 795.